The maximum Gasteiger partial charge on any atom is 0.337 e. The second-order valence-corrected chi connectivity index (χ2v) is 5.50. The lowest BCUT2D eigenvalue weighted by atomic mass is 10.0. The molecular weight excluding hydrogens is 309 g/mol. The molecule has 0 fully saturated rings. The molecular formula is C16H15Cl2NO2. The Morgan fingerprint density at radius 2 is 1.86 bits per heavy atom. The summed E-state index contributed by atoms with van der Waals surface area (Å²) in [7, 11) is 0. The number of carboxylic acids is 1. The summed E-state index contributed by atoms with van der Waals surface area (Å²) in [6.45, 7) is 2.06. The third kappa shape index (κ3) is 3.90. The van der Waals surface area contributed by atoms with Gasteiger partial charge in [0, 0.05) is 10.7 Å². The number of rotatable bonds is 5. The van der Waals surface area contributed by atoms with Gasteiger partial charge in [-0.1, -0.05) is 42.3 Å². The van der Waals surface area contributed by atoms with Gasteiger partial charge in [0.05, 0.1) is 16.6 Å². The Morgan fingerprint density at radius 1 is 1.19 bits per heavy atom. The van der Waals surface area contributed by atoms with Crippen molar-refractivity contribution in [2.45, 2.75) is 19.4 Å². The van der Waals surface area contributed by atoms with E-state index in [1.165, 1.54) is 0 Å². The first kappa shape index (κ1) is 15.7. The minimum Gasteiger partial charge on any atom is -0.478 e. The van der Waals surface area contributed by atoms with Crippen molar-refractivity contribution in [3.05, 3.63) is 63.6 Å². The molecule has 3 nitrogen and oxygen atoms in total. The van der Waals surface area contributed by atoms with Crippen molar-refractivity contribution in [2.24, 2.45) is 0 Å². The molecule has 0 aliphatic carbocycles. The second kappa shape index (κ2) is 6.83. The first-order valence-corrected chi connectivity index (χ1v) is 7.31. The summed E-state index contributed by atoms with van der Waals surface area (Å²) in [5.74, 6) is -1.04. The third-order valence-corrected chi connectivity index (χ3v) is 3.80. The molecule has 0 radical (unpaired) electrons. The molecule has 2 aromatic carbocycles. The number of benzene rings is 2. The van der Waals surface area contributed by atoms with Gasteiger partial charge in [0.1, 0.15) is 0 Å². The Balaban J connectivity index is 2.24. The van der Waals surface area contributed by atoms with E-state index in [4.69, 9.17) is 28.3 Å². The van der Waals surface area contributed by atoms with Crippen molar-refractivity contribution in [1.29, 1.82) is 0 Å². The van der Waals surface area contributed by atoms with Crippen LogP contribution in [-0.2, 0) is 0 Å². The topological polar surface area (TPSA) is 49.3 Å². The first-order valence-electron chi connectivity index (χ1n) is 6.56. The van der Waals surface area contributed by atoms with Crippen molar-refractivity contribution < 1.29 is 9.90 Å². The van der Waals surface area contributed by atoms with Crippen LogP contribution in [0.15, 0.2) is 42.5 Å². The summed E-state index contributed by atoms with van der Waals surface area (Å²) in [5.41, 5.74) is 1.90. The maximum atomic E-state index is 11.1. The van der Waals surface area contributed by atoms with Gasteiger partial charge < -0.3 is 10.4 Å². The Hall–Kier alpha value is -1.71. The normalized spacial score (nSPS) is 12.0. The predicted molar refractivity (Wildman–Crippen MR) is 86.5 cm³/mol. The summed E-state index contributed by atoms with van der Waals surface area (Å²) < 4.78 is 0. The molecule has 0 aliphatic rings. The molecule has 110 valence electrons. The number of carbonyl (C=O) groups is 1. The minimum atomic E-state index is -1.04. The standard InChI is InChI=1S/C16H15Cl2NO2/c1-2-15(10-3-5-11(17)6-4-10)19-12-7-8-14(18)13(9-12)16(20)21/h3-9,15,19H,2H2,1H3,(H,20,21). The third-order valence-electron chi connectivity index (χ3n) is 3.22. The molecule has 0 bridgehead atoms. The smallest absolute Gasteiger partial charge is 0.337 e. The van der Waals surface area contributed by atoms with E-state index in [1.54, 1.807) is 18.2 Å². The lowest BCUT2D eigenvalue weighted by molar-refractivity contribution is 0.0697. The molecule has 2 rings (SSSR count). The van der Waals surface area contributed by atoms with Crippen molar-refractivity contribution in [2.75, 3.05) is 5.32 Å². The van der Waals surface area contributed by atoms with Gasteiger partial charge in [-0.25, -0.2) is 4.79 Å². The van der Waals surface area contributed by atoms with Crippen molar-refractivity contribution >= 4 is 34.9 Å². The van der Waals surface area contributed by atoms with Gasteiger partial charge in [0.25, 0.3) is 0 Å². The number of carboxylic acid groups (broad SMARTS) is 1. The number of halogens is 2. The van der Waals surface area contributed by atoms with E-state index in [2.05, 4.69) is 12.2 Å². The Bertz CT molecular complexity index is 641. The fraction of sp³-hybridized carbons (Fsp3) is 0.188. The van der Waals surface area contributed by atoms with Crippen LogP contribution in [0.4, 0.5) is 5.69 Å². The molecule has 21 heavy (non-hydrogen) atoms. The first-order chi connectivity index (χ1) is 10.0. The van der Waals surface area contributed by atoms with Crippen LogP contribution in [0.3, 0.4) is 0 Å². The molecule has 2 aromatic rings. The fourth-order valence-electron chi connectivity index (χ4n) is 2.10. The maximum absolute atomic E-state index is 11.1. The molecule has 0 aliphatic heterocycles. The molecule has 0 spiro atoms. The Labute approximate surface area is 133 Å². The molecule has 1 unspecified atom stereocenters. The molecule has 1 atom stereocenters. The van der Waals surface area contributed by atoms with Crippen LogP contribution in [-0.4, -0.2) is 11.1 Å². The highest BCUT2D eigenvalue weighted by atomic mass is 35.5. The number of hydrogen-bond donors (Lipinski definition) is 2. The van der Waals surface area contributed by atoms with Crippen LogP contribution < -0.4 is 5.32 Å². The van der Waals surface area contributed by atoms with E-state index in [0.717, 1.165) is 17.7 Å². The molecule has 0 saturated carbocycles. The van der Waals surface area contributed by atoms with Crippen LogP contribution in [0.25, 0.3) is 0 Å². The molecule has 0 amide bonds. The SMILES string of the molecule is CCC(Nc1ccc(Cl)c(C(=O)O)c1)c1ccc(Cl)cc1. The highest BCUT2D eigenvalue weighted by molar-refractivity contribution is 6.33. The van der Waals surface area contributed by atoms with Crippen molar-refractivity contribution in [3.8, 4) is 0 Å². The van der Waals surface area contributed by atoms with E-state index >= 15 is 0 Å². The number of anilines is 1. The Morgan fingerprint density at radius 3 is 2.43 bits per heavy atom. The predicted octanol–water partition coefficient (Wildman–Crippen LogP) is 5.25. The van der Waals surface area contributed by atoms with Gasteiger partial charge in [-0.2, -0.15) is 0 Å². The van der Waals surface area contributed by atoms with Crippen LogP contribution in [0, 0.1) is 0 Å². The average Bonchev–Trinajstić information content (AvgIpc) is 2.47. The fourth-order valence-corrected chi connectivity index (χ4v) is 2.42. The quantitative estimate of drug-likeness (QED) is 0.789. The van der Waals surface area contributed by atoms with E-state index < -0.39 is 5.97 Å². The van der Waals surface area contributed by atoms with Crippen molar-refractivity contribution in [3.63, 3.8) is 0 Å². The Kier molecular flexibility index (Phi) is 5.10. The summed E-state index contributed by atoms with van der Waals surface area (Å²) in [4.78, 5) is 11.1. The average molecular weight is 324 g/mol. The van der Waals surface area contributed by atoms with Crippen LogP contribution in [0.5, 0.6) is 0 Å². The van der Waals surface area contributed by atoms with Gasteiger partial charge >= 0.3 is 5.97 Å². The zero-order valence-corrected chi connectivity index (χ0v) is 12.9. The van der Waals surface area contributed by atoms with Gasteiger partial charge in [0.2, 0.25) is 0 Å². The van der Waals surface area contributed by atoms with Crippen LogP contribution in [0.2, 0.25) is 10.0 Å². The highest BCUT2D eigenvalue weighted by Gasteiger charge is 2.13. The van der Waals surface area contributed by atoms with E-state index in [9.17, 15) is 4.79 Å². The molecule has 0 saturated heterocycles. The van der Waals surface area contributed by atoms with Gasteiger partial charge in [-0.05, 0) is 42.3 Å². The summed E-state index contributed by atoms with van der Waals surface area (Å²) in [6.07, 6.45) is 0.854. The molecule has 5 heteroatoms. The lowest BCUT2D eigenvalue weighted by Crippen LogP contribution is -2.10. The number of aromatic carboxylic acids is 1. The zero-order chi connectivity index (χ0) is 15.4. The van der Waals surface area contributed by atoms with Crippen molar-refractivity contribution in [1.82, 2.24) is 0 Å². The highest BCUT2D eigenvalue weighted by Crippen LogP contribution is 2.26. The van der Waals surface area contributed by atoms with E-state index in [-0.39, 0.29) is 16.6 Å². The lowest BCUT2D eigenvalue weighted by Gasteiger charge is -2.19. The zero-order valence-electron chi connectivity index (χ0n) is 11.4. The molecule has 2 N–H and O–H groups in total. The number of hydrogen-bond acceptors (Lipinski definition) is 2. The minimum absolute atomic E-state index is 0.0742. The van der Waals surface area contributed by atoms with Crippen LogP contribution >= 0.6 is 23.2 Å². The van der Waals surface area contributed by atoms with Crippen LogP contribution in [0.1, 0.15) is 35.3 Å². The summed E-state index contributed by atoms with van der Waals surface area (Å²) in [6, 6.07) is 12.6. The van der Waals surface area contributed by atoms with E-state index in [1.807, 2.05) is 24.3 Å². The van der Waals surface area contributed by atoms with Gasteiger partial charge in [-0.15, -0.1) is 0 Å². The number of nitrogens with one attached hydrogen (secondary N) is 1. The summed E-state index contributed by atoms with van der Waals surface area (Å²) >= 11 is 11.8. The molecule has 0 aromatic heterocycles. The monoisotopic (exact) mass is 323 g/mol. The largest absolute Gasteiger partial charge is 0.478 e. The second-order valence-electron chi connectivity index (χ2n) is 4.66. The summed E-state index contributed by atoms with van der Waals surface area (Å²) in [5, 5.41) is 13.3. The van der Waals surface area contributed by atoms with Gasteiger partial charge in [0.15, 0.2) is 0 Å². The van der Waals surface area contributed by atoms with E-state index in [0.29, 0.717) is 5.02 Å². The molecule has 0 heterocycles. The van der Waals surface area contributed by atoms with Gasteiger partial charge in [-0.3, -0.25) is 0 Å².